The molecule has 23 heavy (non-hydrogen) atoms. The molecule has 1 atom stereocenters. The molecule has 7 nitrogen and oxygen atoms in total. The second kappa shape index (κ2) is 6.08. The number of amides is 2. The average Bonchev–Trinajstić information content (AvgIpc) is 2.92. The van der Waals surface area contributed by atoms with Gasteiger partial charge in [-0.15, -0.1) is 34.5 Å². The minimum atomic E-state index is -1.08. The van der Waals surface area contributed by atoms with E-state index in [9.17, 15) is 9.59 Å². The normalized spacial score (nSPS) is 25.8. The Morgan fingerprint density at radius 2 is 2.00 bits per heavy atom. The Bertz CT molecular complexity index is 632. The number of hydrogen-bond acceptors (Lipinski definition) is 6. The Labute approximate surface area is 147 Å². The Morgan fingerprint density at radius 3 is 2.61 bits per heavy atom. The van der Waals surface area contributed by atoms with E-state index in [0.717, 1.165) is 18.2 Å². The molecule has 2 heterocycles. The lowest BCUT2D eigenvalue weighted by Gasteiger charge is -2.25. The van der Waals surface area contributed by atoms with Gasteiger partial charge in [-0.25, -0.2) is 4.98 Å². The van der Waals surface area contributed by atoms with Crippen molar-refractivity contribution in [1.82, 2.24) is 15.8 Å². The van der Waals surface area contributed by atoms with E-state index in [0.29, 0.717) is 19.6 Å². The number of aromatic nitrogens is 1. The number of halogens is 2. The lowest BCUT2D eigenvalue weighted by Crippen LogP contribution is -2.46. The molecule has 1 saturated heterocycles. The van der Waals surface area contributed by atoms with Crippen molar-refractivity contribution in [2.75, 3.05) is 31.2 Å². The molecule has 1 aliphatic carbocycles. The number of alkyl halides is 2. The van der Waals surface area contributed by atoms with Crippen molar-refractivity contribution in [3.05, 3.63) is 11.1 Å². The van der Waals surface area contributed by atoms with Gasteiger partial charge in [-0.2, -0.15) is 0 Å². The van der Waals surface area contributed by atoms with Gasteiger partial charge in [0.15, 0.2) is 5.13 Å². The summed E-state index contributed by atoms with van der Waals surface area (Å²) in [7, 11) is 0. The van der Waals surface area contributed by atoms with E-state index in [-0.39, 0.29) is 5.69 Å². The molecule has 0 radical (unpaired) electrons. The highest BCUT2D eigenvalue weighted by Crippen LogP contribution is 2.63. The van der Waals surface area contributed by atoms with Crippen LogP contribution in [0.15, 0.2) is 5.38 Å². The van der Waals surface area contributed by atoms with Crippen LogP contribution in [0.3, 0.4) is 0 Å². The highest BCUT2D eigenvalue weighted by Gasteiger charge is 2.68. The van der Waals surface area contributed by atoms with Gasteiger partial charge in [-0.3, -0.25) is 20.4 Å². The van der Waals surface area contributed by atoms with Gasteiger partial charge in [0, 0.05) is 18.5 Å². The van der Waals surface area contributed by atoms with E-state index >= 15 is 0 Å². The van der Waals surface area contributed by atoms with Crippen LogP contribution >= 0.6 is 34.5 Å². The molecule has 1 unspecified atom stereocenters. The van der Waals surface area contributed by atoms with Crippen LogP contribution in [0.2, 0.25) is 0 Å². The first kappa shape index (κ1) is 16.8. The molecule has 2 amide bonds. The maximum Gasteiger partial charge on any atom is 0.289 e. The third-order valence-corrected chi connectivity index (χ3v) is 6.06. The van der Waals surface area contributed by atoms with Gasteiger partial charge in [0.1, 0.15) is 10.0 Å². The SMILES string of the molecule is CC1(C(=O)NNC(=O)c2csc(N3CCOCC3)n2)CC1(Cl)Cl. The van der Waals surface area contributed by atoms with Gasteiger partial charge >= 0.3 is 0 Å². The van der Waals surface area contributed by atoms with E-state index in [1.165, 1.54) is 11.3 Å². The Balaban J connectivity index is 1.55. The lowest BCUT2D eigenvalue weighted by atomic mass is 10.1. The minimum Gasteiger partial charge on any atom is -0.378 e. The molecule has 1 aromatic rings. The number of nitrogens with one attached hydrogen (secondary N) is 2. The van der Waals surface area contributed by atoms with Crippen molar-refractivity contribution < 1.29 is 14.3 Å². The largest absolute Gasteiger partial charge is 0.378 e. The molecule has 2 aliphatic rings. The summed E-state index contributed by atoms with van der Waals surface area (Å²) in [5.74, 6) is -0.896. The molecule has 3 rings (SSSR count). The first-order valence-corrected chi connectivity index (χ1v) is 8.74. The number of morpholine rings is 1. The van der Waals surface area contributed by atoms with Crippen molar-refractivity contribution in [3.63, 3.8) is 0 Å². The zero-order valence-electron chi connectivity index (χ0n) is 12.4. The van der Waals surface area contributed by atoms with Crippen LogP contribution < -0.4 is 15.8 Å². The predicted octanol–water partition coefficient (Wildman–Crippen LogP) is 1.32. The second-order valence-corrected chi connectivity index (χ2v) is 8.06. The summed E-state index contributed by atoms with van der Waals surface area (Å²) >= 11 is 13.2. The van der Waals surface area contributed by atoms with Crippen LogP contribution in [-0.4, -0.2) is 47.4 Å². The maximum atomic E-state index is 12.1. The van der Waals surface area contributed by atoms with Crippen molar-refractivity contribution in [3.8, 4) is 0 Å². The quantitative estimate of drug-likeness (QED) is 0.612. The summed E-state index contributed by atoms with van der Waals surface area (Å²) in [6.07, 6.45) is 0.350. The summed E-state index contributed by atoms with van der Waals surface area (Å²) < 4.78 is 4.20. The number of anilines is 1. The lowest BCUT2D eigenvalue weighted by molar-refractivity contribution is -0.126. The molecule has 126 valence electrons. The summed E-state index contributed by atoms with van der Waals surface area (Å²) in [5.41, 5.74) is 4.06. The molecule has 0 aromatic carbocycles. The summed E-state index contributed by atoms with van der Waals surface area (Å²) in [5, 5.41) is 2.41. The first-order valence-electron chi connectivity index (χ1n) is 7.10. The topological polar surface area (TPSA) is 83.6 Å². The molecule has 0 spiro atoms. The second-order valence-electron chi connectivity index (χ2n) is 5.74. The first-order chi connectivity index (χ1) is 10.8. The zero-order valence-corrected chi connectivity index (χ0v) is 14.7. The van der Waals surface area contributed by atoms with Crippen LogP contribution in [0.25, 0.3) is 0 Å². The molecular formula is C13H16Cl2N4O3S. The Hall–Kier alpha value is -1.09. The fraction of sp³-hybridized carbons (Fsp3) is 0.615. The van der Waals surface area contributed by atoms with Gasteiger partial charge in [-0.1, -0.05) is 0 Å². The number of carbonyl (C=O) groups is 2. The van der Waals surface area contributed by atoms with Crippen molar-refractivity contribution >= 4 is 51.5 Å². The van der Waals surface area contributed by atoms with Crippen molar-refractivity contribution in [2.45, 2.75) is 17.7 Å². The van der Waals surface area contributed by atoms with Gasteiger partial charge in [-0.05, 0) is 13.3 Å². The van der Waals surface area contributed by atoms with E-state index in [4.69, 9.17) is 27.9 Å². The van der Waals surface area contributed by atoms with Crippen LogP contribution in [-0.2, 0) is 9.53 Å². The van der Waals surface area contributed by atoms with Gasteiger partial charge in [0.2, 0.25) is 5.91 Å². The molecule has 0 bridgehead atoms. The van der Waals surface area contributed by atoms with Crippen molar-refractivity contribution in [1.29, 1.82) is 0 Å². The Kier molecular flexibility index (Phi) is 4.43. The average molecular weight is 379 g/mol. The van der Waals surface area contributed by atoms with E-state index < -0.39 is 21.6 Å². The maximum absolute atomic E-state index is 12.1. The molecule has 10 heteroatoms. The van der Waals surface area contributed by atoms with Crippen LogP contribution in [0.5, 0.6) is 0 Å². The third kappa shape index (κ3) is 3.26. The Morgan fingerprint density at radius 1 is 1.35 bits per heavy atom. The third-order valence-electron chi connectivity index (χ3n) is 4.05. The molecule has 2 fully saturated rings. The van der Waals surface area contributed by atoms with Crippen LogP contribution in [0.1, 0.15) is 23.8 Å². The molecular weight excluding hydrogens is 363 g/mol. The zero-order chi connectivity index (χ0) is 16.7. The van der Waals surface area contributed by atoms with Crippen LogP contribution in [0, 0.1) is 5.41 Å². The van der Waals surface area contributed by atoms with E-state index in [1.54, 1.807) is 12.3 Å². The number of carbonyl (C=O) groups excluding carboxylic acids is 2. The number of rotatable bonds is 3. The number of ether oxygens (including phenoxy) is 1. The van der Waals surface area contributed by atoms with E-state index in [2.05, 4.69) is 20.7 Å². The summed E-state index contributed by atoms with van der Waals surface area (Å²) in [4.78, 5) is 30.4. The van der Waals surface area contributed by atoms with Gasteiger partial charge in [0.05, 0.1) is 18.6 Å². The minimum absolute atomic E-state index is 0.251. The van der Waals surface area contributed by atoms with Gasteiger partial charge < -0.3 is 9.64 Å². The van der Waals surface area contributed by atoms with E-state index in [1.807, 2.05) is 0 Å². The van der Waals surface area contributed by atoms with Crippen molar-refractivity contribution in [2.24, 2.45) is 5.41 Å². The summed E-state index contributed by atoms with van der Waals surface area (Å²) in [6, 6.07) is 0. The predicted molar refractivity (Wildman–Crippen MR) is 87.9 cm³/mol. The molecule has 1 aromatic heterocycles. The molecule has 1 saturated carbocycles. The number of thiazole rings is 1. The summed E-state index contributed by atoms with van der Waals surface area (Å²) in [6.45, 7) is 4.44. The highest BCUT2D eigenvalue weighted by atomic mass is 35.5. The number of nitrogens with zero attached hydrogens (tertiary/aromatic N) is 2. The molecule has 1 aliphatic heterocycles. The monoisotopic (exact) mass is 378 g/mol. The van der Waals surface area contributed by atoms with Gasteiger partial charge in [0.25, 0.3) is 5.91 Å². The fourth-order valence-electron chi connectivity index (χ4n) is 2.23. The van der Waals surface area contributed by atoms with Crippen LogP contribution in [0.4, 0.5) is 5.13 Å². The standard InChI is InChI=1S/C13H16Cl2N4O3S/c1-12(7-13(12,14)15)10(21)18-17-9(20)8-6-23-11(16-8)19-2-4-22-5-3-19/h6H,2-5,7H2,1H3,(H,17,20)(H,18,21). The number of hydrazine groups is 1. The smallest absolute Gasteiger partial charge is 0.289 e. The highest BCUT2D eigenvalue weighted by molar-refractivity contribution is 7.13. The molecule has 2 N–H and O–H groups in total. The number of hydrogen-bond donors (Lipinski definition) is 2. The fourth-order valence-corrected chi connectivity index (χ4v) is 3.80.